The number of hydrogen-bond acceptors (Lipinski definition) is 5. The minimum absolute atomic E-state index is 0.0957. The van der Waals surface area contributed by atoms with E-state index in [1.807, 2.05) is 6.92 Å². The molecule has 2 rings (SSSR count). The maximum atomic E-state index is 12.1. The van der Waals surface area contributed by atoms with Gasteiger partial charge < -0.3 is 0 Å². The Hall–Kier alpha value is -2.78. The Balaban J connectivity index is 1.76. The van der Waals surface area contributed by atoms with E-state index in [2.05, 4.69) is 20.6 Å². The largest absolute Gasteiger partial charge is 0.288 e. The van der Waals surface area contributed by atoms with Crippen LogP contribution in [0, 0.1) is 6.92 Å². The Morgan fingerprint density at radius 2 is 1.76 bits per heavy atom. The predicted octanol–water partition coefficient (Wildman–Crippen LogP) is 0.520. The summed E-state index contributed by atoms with van der Waals surface area (Å²) in [4.78, 5) is 27.3. The van der Waals surface area contributed by atoms with Crippen LogP contribution in [-0.4, -0.2) is 31.8 Å². The second kappa shape index (κ2) is 8.36. The van der Waals surface area contributed by atoms with Gasteiger partial charge in [-0.3, -0.25) is 25.4 Å². The van der Waals surface area contributed by atoms with Crippen molar-refractivity contribution in [1.29, 1.82) is 0 Å². The molecule has 1 heterocycles. The average Bonchev–Trinajstić information content (AvgIpc) is 2.60. The Kier molecular flexibility index (Phi) is 6.20. The molecule has 0 aliphatic heterocycles. The van der Waals surface area contributed by atoms with Gasteiger partial charge in [0.05, 0.1) is 4.90 Å². The number of hydrazine groups is 1. The van der Waals surface area contributed by atoms with E-state index in [4.69, 9.17) is 0 Å². The molecule has 0 saturated carbocycles. The van der Waals surface area contributed by atoms with E-state index in [1.165, 1.54) is 24.4 Å². The zero-order valence-corrected chi connectivity index (χ0v) is 14.3. The highest BCUT2D eigenvalue weighted by molar-refractivity contribution is 7.89. The standard InChI is InChI=1S/C16H18N4O4S/c1-12-5-7-13(8-6-12)25(23,24)18-11-9-15(21)19-20-16(22)14-4-2-3-10-17-14/h2-8,10,18H,9,11H2,1H3,(H,19,21)(H,20,22). The van der Waals surface area contributed by atoms with Crippen molar-refractivity contribution in [1.82, 2.24) is 20.6 Å². The number of carbonyl (C=O) groups excluding carboxylic acids is 2. The third-order valence-corrected chi connectivity index (χ3v) is 4.67. The lowest BCUT2D eigenvalue weighted by molar-refractivity contribution is -0.121. The van der Waals surface area contributed by atoms with E-state index in [1.54, 1.807) is 24.3 Å². The normalized spacial score (nSPS) is 10.9. The number of aryl methyl sites for hydroxylation is 1. The number of hydrogen-bond donors (Lipinski definition) is 3. The van der Waals surface area contributed by atoms with Crippen molar-refractivity contribution >= 4 is 21.8 Å². The van der Waals surface area contributed by atoms with Crippen molar-refractivity contribution < 1.29 is 18.0 Å². The number of pyridine rings is 1. The monoisotopic (exact) mass is 362 g/mol. The molecule has 132 valence electrons. The second-order valence-corrected chi connectivity index (χ2v) is 6.95. The fourth-order valence-electron chi connectivity index (χ4n) is 1.85. The van der Waals surface area contributed by atoms with Gasteiger partial charge in [-0.05, 0) is 31.2 Å². The molecule has 25 heavy (non-hydrogen) atoms. The fourth-order valence-corrected chi connectivity index (χ4v) is 2.88. The molecule has 2 amide bonds. The van der Waals surface area contributed by atoms with Crippen molar-refractivity contribution in [2.75, 3.05) is 6.54 Å². The molecule has 0 radical (unpaired) electrons. The van der Waals surface area contributed by atoms with Crippen molar-refractivity contribution in [3.63, 3.8) is 0 Å². The van der Waals surface area contributed by atoms with Gasteiger partial charge in [-0.1, -0.05) is 23.8 Å². The third kappa shape index (κ3) is 5.66. The van der Waals surface area contributed by atoms with E-state index in [-0.39, 0.29) is 23.6 Å². The van der Waals surface area contributed by atoms with Crippen LogP contribution in [-0.2, 0) is 14.8 Å². The minimum atomic E-state index is -3.67. The van der Waals surface area contributed by atoms with Gasteiger partial charge in [0.25, 0.3) is 5.91 Å². The summed E-state index contributed by atoms with van der Waals surface area (Å²) < 4.78 is 26.4. The number of nitrogens with zero attached hydrogens (tertiary/aromatic N) is 1. The highest BCUT2D eigenvalue weighted by Gasteiger charge is 2.14. The van der Waals surface area contributed by atoms with Crippen LogP contribution >= 0.6 is 0 Å². The number of rotatable bonds is 6. The van der Waals surface area contributed by atoms with Crippen molar-refractivity contribution in [3.8, 4) is 0 Å². The van der Waals surface area contributed by atoms with Crippen LogP contribution < -0.4 is 15.6 Å². The third-order valence-electron chi connectivity index (χ3n) is 3.19. The van der Waals surface area contributed by atoms with Gasteiger partial charge in [0.1, 0.15) is 5.69 Å². The van der Waals surface area contributed by atoms with Gasteiger partial charge in [-0.25, -0.2) is 13.1 Å². The van der Waals surface area contributed by atoms with E-state index in [0.717, 1.165) is 5.56 Å². The molecule has 0 saturated heterocycles. The van der Waals surface area contributed by atoms with Gasteiger partial charge in [-0.2, -0.15) is 0 Å². The SMILES string of the molecule is Cc1ccc(S(=O)(=O)NCCC(=O)NNC(=O)c2ccccn2)cc1. The molecule has 2 aromatic rings. The van der Waals surface area contributed by atoms with Gasteiger partial charge in [-0.15, -0.1) is 0 Å². The Bertz CT molecular complexity index is 836. The number of sulfonamides is 1. The Morgan fingerprint density at radius 3 is 2.40 bits per heavy atom. The lowest BCUT2D eigenvalue weighted by Crippen LogP contribution is -2.43. The van der Waals surface area contributed by atoms with Crippen LogP contribution in [0.25, 0.3) is 0 Å². The second-order valence-electron chi connectivity index (χ2n) is 5.18. The van der Waals surface area contributed by atoms with Crippen LogP contribution in [0.3, 0.4) is 0 Å². The molecular formula is C16H18N4O4S. The Labute approximate surface area is 145 Å². The summed E-state index contributed by atoms with van der Waals surface area (Å²) in [5, 5.41) is 0. The number of nitrogens with one attached hydrogen (secondary N) is 3. The van der Waals surface area contributed by atoms with Crippen LogP contribution in [0.5, 0.6) is 0 Å². The van der Waals surface area contributed by atoms with Crippen LogP contribution in [0.2, 0.25) is 0 Å². The molecule has 1 aromatic heterocycles. The minimum Gasteiger partial charge on any atom is -0.273 e. The predicted molar refractivity (Wildman–Crippen MR) is 90.8 cm³/mol. The van der Waals surface area contributed by atoms with Gasteiger partial charge in [0, 0.05) is 19.2 Å². The Morgan fingerprint density at radius 1 is 1.04 bits per heavy atom. The van der Waals surface area contributed by atoms with Crippen LogP contribution in [0.1, 0.15) is 22.5 Å². The van der Waals surface area contributed by atoms with E-state index >= 15 is 0 Å². The molecule has 9 heteroatoms. The number of carbonyl (C=O) groups is 2. The van der Waals surface area contributed by atoms with Crippen molar-refractivity contribution in [2.45, 2.75) is 18.2 Å². The van der Waals surface area contributed by atoms with Gasteiger partial charge in [0.15, 0.2) is 0 Å². The summed E-state index contributed by atoms with van der Waals surface area (Å²) in [5.74, 6) is -1.09. The summed E-state index contributed by atoms with van der Waals surface area (Å²) in [5.41, 5.74) is 5.51. The molecule has 0 spiro atoms. The van der Waals surface area contributed by atoms with E-state index in [0.29, 0.717) is 0 Å². The van der Waals surface area contributed by atoms with Crippen LogP contribution in [0.4, 0.5) is 0 Å². The molecule has 1 aromatic carbocycles. The molecule has 0 fully saturated rings. The zero-order valence-electron chi connectivity index (χ0n) is 13.5. The zero-order chi connectivity index (χ0) is 18.3. The number of benzene rings is 1. The number of amides is 2. The highest BCUT2D eigenvalue weighted by Crippen LogP contribution is 2.09. The molecule has 0 aliphatic rings. The molecular weight excluding hydrogens is 344 g/mol. The van der Waals surface area contributed by atoms with Gasteiger partial charge >= 0.3 is 0 Å². The maximum absolute atomic E-state index is 12.1. The number of aromatic nitrogens is 1. The first-order valence-corrected chi connectivity index (χ1v) is 8.93. The smallest absolute Gasteiger partial charge is 0.273 e. The first kappa shape index (κ1) is 18.6. The summed E-state index contributed by atoms with van der Waals surface area (Å²) in [6.07, 6.45) is 1.32. The molecule has 8 nitrogen and oxygen atoms in total. The average molecular weight is 362 g/mol. The molecule has 0 aliphatic carbocycles. The molecule has 3 N–H and O–H groups in total. The van der Waals surface area contributed by atoms with Crippen LogP contribution in [0.15, 0.2) is 53.6 Å². The molecule has 0 atom stereocenters. The first-order chi connectivity index (χ1) is 11.9. The summed E-state index contributed by atoms with van der Waals surface area (Å²) >= 11 is 0. The van der Waals surface area contributed by atoms with Crippen molar-refractivity contribution in [2.24, 2.45) is 0 Å². The molecule has 0 unspecified atom stereocenters. The molecule has 0 bridgehead atoms. The summed E-state index contributed by atoms with van der Waals surface area (Å²) in [7, 11) is -3.67. The quantitative estimate of drug-likeness (QED) is 0.648. The lowest BCUT2D eigenvalue weighted by atomic mass is 10.2. The van der Waals surface area contributed by atoms with E-state index < -0.39 is 21.8 Å². The van der Waals surface area contributed by atoms with Crippen molar-refractivity contribution in [3.05, 3.63) is 59.9 Å². The van der Waals surface area contributed by atoms with E-state index in [9.17, 15) is 18.0 Å². The summed E-state index contributed by atoms with van der Waals surface area (Å²) in [6, 6.07) is 11.2. The summed E-state index contributed by atoms with van der Waals surface area (Å²) in [6.45, 7) is 1.76. The topological polar surface area (TPSA) is 117 Å². The van der Waals surface area contributed by atoms with Gasteiger partial charge in [0.2, 0.25) is 15.9 Å². The highest BCUT2D eigenvalue weighted by atomic mass is 32.2. The maximum Gasteiger partial charge on any atom is 0.288 e. The fraction of sp³-hybridized carbons (Fsp3) is 0.188. The first-order valence-electron chi connectivity index (χ1n) is 7.45. The lowest BCUT2D eigenvalue weighted by Gasteiger charge is -2.08.